The molecule has 0 aliphatic rings. The van der Waals surface area contributed by atoms with Crippen molar-refractivity contribution in [2.75, 3.05) is 0 Å². The highest BCUT2D eigenvalue weighted by Crippen LogP contribution is 2.11. The molecule has 5 heteroatoms. The van der Waals surface area contributed by atoms with Crippen LogP contribution in [0.15, 0.2) is 71.3 Å². The summed E-state index contributed by atoms with van der Waals surface area (Å²) >= 11 is 0. The molecule has 0 fully saturated rings. The number of rotatable bonds is 5. The third kappa shape index (κ3) is 4.05. The molecule has 0 atom stereocenters. The molecule has 22 heavy (non-hydrogen) atoms. The van der Waals surface area contributed by atoms with Crippen molar-refractivity contribution in [1.29, 1.82) is 5.41 Å². The Kier molecular flexibility index (Phi) is 4.78. The fourth-order valence-corrected chi connectivity index (χ4v) is 3.03. The van der Waals surface area contributed by atoms with E-state index in [1.165, 1.54) is 6.08 Å². The summed E-state index contributed by atoms with van der Waals surface area (Å²) in [7, 11) is -3.62. The molecule has 0 amide bonds. The lowest BCUT2D eigenvalue weighted by molar-refractivity contribution is 0.588. The van der Waals surface area contributed by atoms with Gasteiger partial charge in [-0.15, -0.1) is 0 Å². The highest BCUT2D eigenvalue weighted by Gasteiger charge is 2.13. The summed E-state index contributed by atoms with van der Waals surface area (Å²) in [6.45, 7) is 3.53. The van der Waals surface area contributed by atoms with Crippen LogP contribution in [0.1, 0.15) is 18.1 Å². The first-order chi connectivity index (χ1) is 10.4. The molecular formula is C17H18N2O2S. The van der Waals surface area contributed by atoms with E-state index in [2.05, 4.69) is 4.72 Å². The van der Waals surface area contributed by atoms with E-state index in [1.54, 1.807) is 43.3 Å². The zero-order chi connectivity index (χ0) is 16.2. The second kappa shape index (κ2) is 6.58. The quantitative estimate of drug-likeness (QED) is 0.832. The predicted octanol–water partition coefficient (Wildman–Crippen LogP) is 3.25. The number of aryl methyl sites for hydroxylation is 1. The minimum absolute atomic E-state index is 0.206. The molecule has 2 N–H and O–H groups in total. The summed E-state index contributed by atoms with van der Waals surface area (Å²) in [4.78, 5) is 0.206. The number of sulfonamides is 1. The normalized spacial score (nSPS) is 12.0. The Balaban J connectivity index is 2.17. The zero-order valence-electron chi connectivity index (χ0n) is 12.5. The van der Waals surface area contributed by atoms with Crippen molar-refractivity contribution in [2.45, 2.75) is 18.7 Å². The number of nitrogens with one attached hydrogen (secondary N) is 2. The number of allylic oxidation sites excluding steroid dienone is 2. The lowest BCUT2D eigenvalue weighted by Gasteiger charge is -2.09. The predicted molar refractivity (Wildman–Crippen MR) is 88.5 cm³/mol. The van der Waals surface area contributed by atoms with Gasteiger partial charge in [0.2, 0.25) is 0 Å². The van der Waals surface area contributed by atoms with E-state index in [0.717, 1.165) is 11.1 Å². The Morgan fingerprint density at radius 1 is 1.05 bits per heavy atom. The molecule has 0 aliphatic heterocycles. The molecule has 0 heterocycles. The Morgan fingerprint density at radius 2 is 1.64 bits per heavy atom. The van der Waals surface area contributed by atoms with Gasteiger partial charge in [-0.05, 0) is 37.6 Å². The summed E-state index contributed by atoms with van der Waals surface area (Å²) in [5.41, 5.74) is 2.38. The van der Waals surface area contributed by atoms with E-state index < -0.39 is 10.0 Å². The molecule has 2 aromatic rings. The average molecular weight is 314 g/mol. The largest absolute Gasteiger partial charge is 0.300 e. The van der Waals surface area contributed by atoms with E-state index in [1.807, 2.05) is 25.1 Å². The molecule has 0 aromatic heterocycles. The van der Waals surface area contributed by atoms with Crippen LogP contribution in [0.4, 0.5) is 0 Å². The molecule has 4 nitrogen and oxygen atoms in total. The summed E-state index contributed by atoms with van der Waals surface area (Å²) in [6, 6.07) is 15.8. The van der Waals surface area contributed by atoms with Crippen molar-refractivity contribution < 1.29 is 8.42 Å². The van der Waals surface area contributed by atoms with Gasteiger partial charge in [0.25, 0.3) is 10.0 Å². The highest BCUT2D eigenvalue weighted by molar-refractivity contribution is 7.89. The van der Waals surface area contributed by atoms with Crippen molar-refractivity contribution >= 4 is 15.7 Å². The topological polar surface area (TPSA) is 70.0 Å². The molecule has 2 aromatic carbocycles. The van der Waals surface area contributed by atoms with Crippen molar-refractivity contribution in [2.24, 2.45) is 0 Å². The lowest BCUT2D eigenvalue weighted by atomic mass is 10.1. The molecule has 0 aliphatic carbocycles. The van der Waals surface area contributed by atoms with Crippen molar-refractivity contribution in [3.8, 4) is 0 Å². The van der Waals surface area contributed by atoms with Gasteiger partial charge in [0.15, 0.2) is 0 Å². The maximum absolute atomic E-state index is 12.2. The maximum Gasteiger partial charge on any atom is 0.261 e. The van der Waals surface area contributed by atoms with E-state index in [4.69, 9.17) is 5.41 Å². The molecule has 0 bridgehead atoms. The van der Waals surface area contributed by atoms with E-state index in [-0.39, 0.29) is 10.6 Å². The van der Waals surface area contributed by atoms with Gasteiger partial charge in [-0.1, -0.05) is 48.0 Å². The molecule has 0 radical (unpaired) electrons. The second-order valence-corrected chi connectivity index (χ2v) is 6.71. The Bertz CT molecular complexity index is 792. The molecular weight excluding hydrogens is 296 g/mol. The average Bonchev–Trinajstić information content (AvgIpc) is 2.48. The second-order valence-electron chi connectivity index (χ2n) is 5.03. The van der Waals surface area contributed by atoms with Crippen LogP contribution in [0, 0.1) is 12.3 Å². The third-order valence-electron chi connectivity index (χ3n) is 3.07. The van der Waals surface area contributed by atoms with Crippen molar-refractivity contribution in [3.05, 3.63) is 77.5 Å². The van der Waals surface area contributed by atoms with Gasteiger partial charge in [0.05, 0.1) is 10.6 Å². The van der Waals surface area contributed by atoms with Crippen molar-refractivity contribution in [1.82, 2.24) is 4.72 Å². The Morgan fingerprint density at radius 3 is 2.23 bits per heavy atom. The van der Waals surface area contributed by atoms with Gasteiger partial charge >= 0.3 is 0 Å². The highest BCUT2D eigenvalue weighted by atomic mass is 32.2. The molecule has 0 saturated heterocycles. The van der Waals surface area contributed by atoms with Crippen LogP contribution in [0.3, 0.4) is 0 Å². The van der Waals surface area contributed by atoms with Gasteiger partial charge in [0.1, 0.15) is 0 Å². The van der Waals surface area contributed by atoms with Gasteiger partial charge in [-0.3, -0.25) is 4.72 Å². The summed E-state index contributed by atoms with van der Waals surface area (Å²) in [6.07, 6.45) is 1.50. The van der Waals surface area contributed by atoms with Gasteiger partial charge in [-0.25, -0.2) is 8.42 Å². The SMILES string of the molecule is C/C(=C\C(=N)c1ccccc1)NS(=O)(=O)c1ccc(C)cc1. The first kappa shape index (κ1) is 16.0. The van der Waals surface area contributed by atoms with Crippen LogP contribution in [0.2, 0.25) is 0 Å². The molecule has 114 valence electrons. The fraction of sp³-hybridized carbons (Fsp3) is 0.118. The minimum atomic E-state index is -3.62. The van der Waals surface area contributed by atoms with Gasteiger partial charge < -0.3 is 5.41 Å². The van der Waals surface area contributed by atoms with Gasteiger partial charge in [0, 0.05) is 5.70 Å². The molecule has 0 unspecified atom stereocenters. The Hall–Kier alpha value is -2.40. The van der Waals surface area contributed by atoms with Crippen LogP contribution in [-0.4, -0.2) is 14.1 Å². The third-order valence-corrected chi connectivity index (χ3v) is 4.56. The van der Waals surface area contributed by atoms with E-state index in [9.17, 15) is 8.42 Å². The van der Waals surface area contributed by atoms with Crippen LogP contribution < -0.4 is 4.72 Å². The standard InChI is InChI=1S/C17H18N2O2S/c1-13-8-10-16(11-9-13)22(20,21)19-14(2)12-17(18)15-6-4-3-5-7-15/h3-12,18-19H,1-2H3/b14-12+,18-17?. The maximum atomic E-state index is 12.2. The number of benzene rings is 2. The first-order valence-electron chi connectivity index (χ1n) is 6.80. The Labute approximate surface area is 131 Å². The first-order valence-corrected chi connectivity index (χ1v) is 8.28. The number of hydrogen-bond acceptors (Lipinski definition) is 3. The summed E-state index contributed by atoms with van der Waals surface area (Å²) in [5.74, 6) is 0. The monoisotopic (exact) mass is 314 g/mol. The zero-order valence-corrected chi connectivity index (χ0v) is 13.3. The minimum Gasteiger partial charge on any atom is -0.300 e. The molecule has 0 saturated carbocycles. The number of hydrogen-bond donors (Lipinski definition) is 2. The molecule has 0 spiro atoms. The van der Waals surface area contributed by atoms with E-state index >= 15 is 0 Å². The van der Waals surface area contributed by atoms with Crippen LogP contribution in [-0.2, 0) is 10.0 Å². The van der Waals surface area contributed by atoms with E-state index in [0.29, 0.717) is 5.70 Å². The summed E-state index contributed by atoms with van der Waals surface area (Å²) in [5, 5.41) is 7.99. The van der Waals surface area contributed by atoms with Crippen LogP contribution >= 0.6 is 0 Å². The smallest absolute Gasteiger partial charge is 0.261 e. The lowest BCUT2D eigenvalue weighted by Crippen LogP contribution is -2.22. The van der Waals surface area contributed by atoms with Crippen molar-refractivity contribution in [3.63, 3.8) is 0 Å². The van der Waals surface area contributed by atoms with Crippen LogP contribution in [0.25, 0.3) is 0 Å². The summed E-state index contributed by atoms with van der Waals surface area (Å²) < 4.78 is 27.0. The van der Waals surface area contributed by atoms with Gasteiger partial charge in [-0.2, -0.15) is 0 Å². The fourth-order valence-electron chi connectivity index (χ4n) is 1.94. The van der Waals surface area contributed by atoms with Crippen LogP contribution in [0.5, 0.6) is 0 Å². The molecule has 2 rings (SSSR count).